The number of carbonyl (C=O) groups excluding carboxylic acids is 2. The third-order valence-corrected chi connectivity index (χ3v) is 3.13. The number of hydrogen-bond donors (Lipinski definition) is 2. The Hall–Kier alpha value is -2.66. The molecule has 0 saturated carbocycles. The van der Waals surface area contributed by atoms with Crippen molar-refractivity contribution < 1.29 is 14.8 Å². The van der Waals surface area contributed by atoms with Crippen molar-refractivity contribution >= 4 is 18.0 Å². The highest BCUT2D eigenvalue weighted by atomic mass is 16.5. The van der Waals surface area contributed by atoms with Crippen molar-refractivity contribution in [1.82, 2.24) is 5.48 Å². The van der Waals surface area contributed by atoms with E-state index in [1.165, 1.54) is 0 Å². The molecule has 0 bridgehead atoms. The van der Waals surface area contributed by atoms with Gasteiger partial charge in [-0.2, -0.15) is 0 Å². The van der Waals surface area contributed by atoms with Gasteiger partial charge in [0.2, 0.25) is 6.41 Å². The van der Waals surface area contributed by atoms with Gasteiger partial charge in [-0.1, -0.05) is 24.3 Å². The first kappa shape index (κ1) is 14.7. The van der Waals surface area contributed by atoms with Gasteiger partial charge in [-0.3, -0.25) is 14.8 Å². The molecule has 2 aromatic rings. The largest absolute Gasteiger partial charge is 0.311 e. The molecular weight excluding hydrogens is 268 g/mol. The number of carbonyl (C=O) groups is 2. The monoisotopic (exact) mass is 284 g/mol. The first-order valence-corrected chi connectivity index (χ1v) is 6.46. The van der Waals surface area contributed by atoms with Crippen LogP contribution in [0.15, 0.2) is 48.5 Å². The number of hydroxylamine groups is 1. The summed E-state index contributed by atoms with van der Waals surface area (Å²) in [4.78, 5) is 24.1. The van der Waals surface area contributed by atoms with Crippen molar-refractivity contribution in [2.75, 3.05) is 4.90 Å². The molecule has 2 N–H and O–H groups in total. The van der Waals surface area contributed by atoms with Crippen molar-refractivity contribution in [1.29, 1.82) is 0 Å². The van der Waals surface area contributed by atoms with Crippen LogP contribution in [-0.2, 0) is 11.3 Å². The molecule has 0 aliphatic rings. The molecule has 0 fully saturated rings. The topological polar surface area (TPSA) is 69.6 Å². The van der Waals surface area contributed by atoms with Gasteiger partial charge in [-0.25, -0.2) is 5.48 Å². The van der Waals surface area contributed by atoms with Crippen molar-refractivity contribution in [3.63, 3.8) is 0 Å². The molecule has 21 heavy (non-hydrogen) atoms. The highest BCUT2D eigenvalue weighted by molar-refractivity contribution is 5.93. The average Bonchev–Trinajstić information content (AvgIpc) is 2.52. The van der Waals surface area contributed by atoms with Gasteiger partial charge in [0.1, 0.15) is 0 Å². The SMILES string of the molecule is Cc1cccc(N(C=O)Cc2ccc(C(=O)NO)cc2)c1. The van der Waals surface area contributed by atoms with Gasteiger partial charge < -0.3 is 4.90 Å². The Labute approximate surface area is 122 Å². The Kier molecular flexibility index (Phi) is 4.68. The van der Waals surface area contributed by atoms with Crippen LogP contribution in [0.2, 0.25) is 0 Å². The molecule has 108 valence electrons. The lowest BCUT2D eigenvalue weighted by Crippen LogP contribution is -2.21. The molecule has 2 aromatic carbocycles. The van der Waals surface area contributed by atoms with Gasteiger partial charge in [-0.15, -0.1) is 0 Å². The van der Waals surface area contributed by atoms with Gasteiger partial charge in [0, 0.05) is 11.3 Å². The van der Waals surface area contributed by atoms with E-state index in [1.54, 1.807) is 34.6 Å². The molecule has 0 aliphatic heterocycles. The van der Waals surface area contributed by atoms with Crippen molar-refractivity contribution in [3.05, 3.63) is 65.2 Å². The molecule has 5 heteroatoms. The summed E-state index contributed by atoms with van der Waals surface area (Å²) < 4.78 is 0. The summed E-state index contributed by atoms with van der Waals surface area (Å²) in [5.74, 6) is -0.563. The Morgan fingerprint density at radius 1 is 1.24 bits per heavy atom. The number of amides is 2. The van der Waals surface area contributed by atoms with Crippen molar-refractivity contribution in [3.8, 4) is 0 Å². The smallest absolute Gasteiger partial charge is 0.274 e. The molecule has 5 nitrogen and oxygen atoms in total. The summed E-state index contributed by atoms with van der Waals surface area (Å²) in [6.45, 7) is 2.38. The third kappa shape index (κ3) is 3.67. The zero-order chi connectivity index (χ0) is 15.2. The second-order valence-corrected chi connectivity index (χ2v) is 4.71. The minimum Gasteiger partial charge on any atom is -0.311 e. The summed E-state index contributed by atoms with van der Waals surface area (Å²) in [7, 11) is 0. The van der Waals surface area contributed by atoms with Crippen LogP contribution < -0.4 is 10.4 Å². The standard InChI is InChI=1S/C16H16N2O3/c1-12-3-2-4-15(9-12)18(11-19)10-13-5-7-14(8-6-13)16(20)17-21/h2-9,11,21H,10H2,1H3,(H,17,20). The summed E-state index contributed by atoms with van der Waals surface area (Å²) >= 11 is 0. The molecule has 0 aliphatic carbocycles. The molecule has 0 atom stereocenters. The lowest BCUT2D eigenvalue weighted by Gasteiger charge is -2.18. The average molecular weight is 284 g/mol. The minimum atomic E-state index is -0.563. The maximum absolute atomic E-state index is 11.3. The van der Waals surface area contributed by atoms with Crippen LogP contribution in [0.1, 0.15) is 21.5 Å². The van der Waals surface area contributed by atoms with E-state index in [1.807, 2.05) is 31.2 Å². The van der Waals surface area contributed by atoms with Crippen LogP contribution in [0, 0.1) is 6.92 Å². The second kappa shape index (κ2) is 6.67. The van der Waals surface area contributed by atoms with Crippen LogP contribution in [-0.4, -0.2) is 17.5 Å². The van der Waals surface area contributed by atoms with Crippen LogP contribution in [0.5, 0.6) is 0 Å². The van der Waals surface area contributed by atoms with E-state index in [9.17, 15) is 9.59 Å². The zero-order valence-corrected chi connectivity index (χ0v) is 11.6. The number of anilines is 1. The van der Waals surface area contributed by atoms with E-state index in [2.05, 4.69) is 0 Å². The van der Waals surface area contributed by atoms with Gasteiger partial charge in [0.25, 0.3) is 5.91 Å². The van der Waals surface area contributed by atoms with Gasteiger partial charge >= 0.3 is 0 Å². The number of nitrogens with zero attached hydrogens (tertiary/aromatic N) is 1. The Balaban J connectivity index is 2.15. The molecule has 0 aromatic heterocycles. The lowest BCUT2D eigenvalue weighted by molar-refractivity contribution is -0.107. The minimum absolute atomic E-state index is 0.356. The Morgan fingerprint density at radius 3 is 2.52 bits per heavy atom. The summed E-state index contributed by atoms with van der Waals surface area (Å²) in [6.07, 6.45) is 0.781. The van der Waals surface area contributed by atoms with Crippen LogP contribution in [0.4, 0.5) is 5.69 Å². The maximum atomic E-state index is 11.3. The lowest BCUT2D eigenvalue weighted by atomic mass is 10.1. The highest BCUT2D eigenvalue weighted by Crippen LogP contribution is 2.17. The fourth-order valence-electron chi connectivity index (χ4n) is 2.02. The van der Waals surface area contributed by atoms with E-state index in [0.29, 0.717) is 12.1 Å². The first-order chi connectivity index (χ1) is 10.1. The Bertz CT molecular complexity index is 638. The molecule has 2 amide bonds. The van der Waals surface area contributed by atoms with Crippen LogP contribution >= 0.6 is 0 Å². The van der Waals surface area contributed by atoms with E-state index in [0.717, 1.165) is 23.2 Å². The fourth-order valence-corrected chi connectivity index (χ4v) is 2.02. The number of benzene rings is 2. The van der Waals surface area contributed by atoms with E-state index < -0.39 is 5.91 Å². The number of hydrogen-bond acceptors (Lipinski definition) is 3. The predicted molar refractivity (Wildman–Crippen MR) is 79.1 cm³/mol. The molecule has 0 radical (unpaired) electrons. The first-order valence-electron chi connectivity index (χ1n) is 6.46. The van der Waals surface area contributed by atoms with Crippen molar-refractivity contribution in [2.24, 2.45) is 0 Å². The van der Waals surface area contributed by atoms with Gasteiger partial charge in [0.15, 0.2) is 0 Å². The van der Waals surface area contributed by atoms with E-state index >= 15 is 0 Å². The number of aryl methyl sites for hydroxylation is 1. The van der Waals surface area contributed by atoms with Crippen LogP contribution in [0.25, 0.3) is 0 Å². The third-order valence-electron chi connectivity index (χ3n) is 3.13. The van der Waals surface area contributed by atoms with Crippen LogP contribution in [0.3, 0.4) is 0 Å². The van der Waals surface area contributed by atoms with Gasteiger partial charge in [0.05, 0.1) is 6.54 Å². The zero-order valence-electron chi connectivity index (χ0n) is 11.6. The predicted octanol–water partition coefficient (Wildman–Crippen LogP) is 2.28. The fraction of sp³-hybridized carbons (Fsp3) is 0.125. The molecule has 0 unspecified atom stereocenters. The Morgan fingerprint density at radius 2 is 1.95 bits per heavy atom. The molecular formula is C16H16N2O3. The molecule has 0 saturated heterocycles. The quantitative estimate of drug-likeness (QED) is 0.503. The van der Waals surface area contributed by atoms with Gasteiger partial charge in [-0.05, 0) is 42.3 Å². The van der Waals surface area contributed by atoms with Crippen molar-refractivity contribution in [2.45, 2.75) is 13.5 Å². The summed E-state index contributed by atoms with van der Waals surface area (Å²) in [6, 6.07) is 14.4. The maximum Gasteiger partial charge on any atom is 0.274 e. The molecule has 0 spiro atoms. The summed E-state index contributed by atoms with van der Waals surface area (Å²) in [5.41, 5.74) is 4.72. The summed E-state index contributed by atoms with van der Waals surface area (Å²) in [5, 5.41) is 8.56. The number of rotatable bonds is 5. The normalized spacial score (nSPS) is 10.0. The molecule has 2 rings (SSSR count). The number of nitrogens with one attached hydrogen (secondary N) is 1. The second-order valence-electron chi connectivity index (χ2n) is 4.71. The van der Waals surface area contributed by atoms with E-state index in [-0.39, 0.29) is 0 Å². The highest BCUT2D eigenvalue weighted by Gasteiger charge is 2.08. The van der Waals surface area contributed by atoms with E-state index in [4.69, 9.17) is 5.21 Å². The molecule has 0 heterocycles.